The van der Waals surface area contributed by atoms with Crippen molar-refractivity contribution < 1.29 is 26.3 Å². The standard InChI is InChI=1S/C18H36N2O.BrH/c1-6-8-9-10-11-13-18(21)19-14-12-15-20(5,7-2)16-17(3)4;/h3,6-16H2,1-2,4-5H3;1H. The lowest BCUT2D eigenvalue weighted by Gasteiger charge is -2.33. The lowest BCUT2D eigenvalue weighted by molar-refractivity contribution is -0.903. The first-order chi connectivity index (χ1) is 9.93. The highest BCUT2D eigenvalue weighted by Crippen LogP contribution is 2.08. The smallest absolute Gasteiger partial charge is 0.219 e. The van der Waals surface area contributed by atoms with Gasteiger partial charge in [-0.3, -0.25) is 4.79 Å². The largest absolute Gasteiger partial charge is 1.00 e. The van der Waals surface area contributed by atoms with E-state index in [0.29, 0.717) is 6.42 Å². The average molecular weight is 377 g/mol. The molecule has 0 fully saturated rings. The summed E-state index contributed by atoms with van der Waals surface area (Å²) < 4.78 is 1.02. The van der Waals surface area contributed by atoms with Crippen LogP contribution in [-0.2, 0) is 4.79 Å². The van der Waals surface area contributed by atoms with Gasteiger partial charge in [-0.25, -0.2) is 0 Å². The number of hydrogen-bond donors (Lipinski definition) is 1. The van der Waals surface area contributed by atoms with Gasteiger partial charge in [-0.05, 0) is 25.8 Å². The first-order valence-electron chi connectivity index (χ1n) is 8.68. The van der Waals surface area contributed by atoms with Crippen molar-refractivity contribution in [3.63, 3.8) is 0 Å². The van der Waals surface area contributed by atoms with Gasteiger partial charge in [0.15, 0.2) is 0 Å². The number of halogens is 1. The van der Waals surface area contributed by atoms with Gasteiger partial charge in [-0.15, -0.1) is 0 Å². The Hall–Kier alpha value is -0.350. The van der Waals surface area contributed by atoms with Gasteiger partial charge in [0, 0.05) is 19.4 Å². The molecule has 0 radical (unpaired) electrons. The molecule has 0 bridgehead atoms. The molecule has 0 saturated heterocycles. The van der Waals surface area contributed by atoms with Crippen LogP contribution in [-0.4, -0.2) is 43.6 Å². The zero-order valence-electron chi connectivity index (χ0n) is 15.2. The fourth-order valence-corrected chi connectivity index (χ4v) is 2.67. The zero-order chi connectivity index (χ0) is 16.1. The van der Waals surface area contributed by atoms with Crippen molar-refractivity contribution in [1.29, 1.82) is 0 Å². The summed E-state index contributed by atoms with van der Waals surface area (Å²) in [7, 11) is 2.27. The van der Waals surface area contributed by atoms with Crippen LogP contribution in [0.4, 0.5) is 0 Å². The molecule has 0 aliphatic heterocycles. The lowest BCUT2D eigenvalue weighted by atomic mass is 10.1. The van der Waals surface area contributed by atoms with E-state index in [-0.39, 0.29) is 22.9 Å². The van der Waals surface area contributed by atoms with Gasteiger partial charge < -0.3 is 26.8 Å². The SMILES string of the molecule is C=C(C)C[N+](C)(CC)CCCNC(=O)CCCCCCC.[Br-]. The Kier molecular flexibility index (Phi) is 15.5. The number of nitrogens with zero attached hydrogens (tertiary/aromatic N) is 1. The van der Waals surface area contributed by atoms with Gasteiger partial charge in [0.05, 0.1) is 26.7 Å². The molecule has 1 N–H and O–H groups in total. The molecule has 0 aromatic carbocycles. The van der Waals surface area contributed by atoms with Gasteiger partial charge >= 0.3 is 0 Å². The van der Waals surface area contributed by atoms with Crippen LogP contribution in [0.15, 0.2) is 12.2 Å². The van der Waals surface area contributed by atoms with E-state index in [2.05, 4.69) is 39.7 Å². The first-order valence-corrected chi connectivity index (χ1v) is 8.68. The normalized spacial score (nSPS) is 13.1. The molecule has 1 amide bonds. The van der Waals surface area contributed by atoms with E-state index >= 15 is 0 Å². The van der Waals surface area contributed by atoms with Gasteiger partial charge in [0.2, 0.25) is 5.91 Å². The van der Waals surface area contributed by atoms with Crippen LogP contribution in [0.25, 0.3) is 0 Å². The molecule has 3 nitrogen and oxygen atoms in total. The molecule has 0 aliphatic rings. The first kappa shape index (κ1) is 23.9. The third-order valence-electron chi connectivity index (χ3n) is 4.12. The fourth-order valence-electron chi connectivity index (χ4n) is 2.67. The summed E-state index contributed by atoms with van der Waals surface area (Å²) in [4.78, 5) is 11.7. The Morgan fingerprint density at radius 2 is 1.73 bits per heavy atom. The van der Waals surface area contributed by atoms with Gasteiger partial charge in [-0.2, -0.15) is 0 Å². The van der Waals surface area contributed by atoms with Gasteiger partial charge in [-0.1, -0.05) is 39.2 Å². The van der Waals surface area contributed by atoms with Crippen LogP contribution >= 0.6 is 0 Å². The van der Waals surface area contributed by atoms with Crippen LogP contribution in [0.2, 0.25) is 0 Å². The van der Waals surface area contributed by atoms with Gasteiger partial charge in [0.1, 0.15) is 0 Å². The topological polar surface area (TPSA) is 29.1 Å². The van der Waals surface area contributed by atoms with Crippen LogP contribution in [0.3, 0.4) is 0 Å². The number of quaternary nitrogens is 1. The molecule has 22 heavy (non-hydrogen) atoms. The van der Waals surface area contributed by atoms with Crippen molar-refractivity contribution in [2.24, 2.45) is 0 Å². The van der Waals surface area contributed by atoms with Crippen LogP contribution in [0.1, 0.15) is 65.7 Å². The van der Waals surface area contributed by atoms with Crippen molar-refractivity contribution in [3.05, 3.63) is 12.2 Å². The maximum Gasteiger partial charge on any atom is 0.219 e. The summed E-state index contributed by atoms with van der Waals surface area (Å²) in [6.45, 7) is 14.6. The summed E-state index contributed by atoms with van der Waals surface area (Å²) in [5.74, 6) is 0.220. The van der Waals surface area contributed by atoms with Crippen molar-refractivity contribution >= 4 is 5.91 Å². The quantitative estimate of drug-likeness (QED) is 0.288. The average Bonchev–Trinajstić information content (AvgIpc) is 2.43. The molecule has 0 aromatic heterocycles. The summed E-state index contributed by atoms with van der Waals surface area (Å²) in [5.41, 5.74) is 1.23. The number of unbranched alkanes of at least 4 members (excludes halogenated alkanes) is 4. The van der Waals surface area contributed by atoms with E-state index in [1.54, 1.807) is 0 Å². The summed E-state index contributed by atoms with van der Waals surface area (Å²) in [6, 6.07) is 0. The molecule has 1 unspecified atom stereocenters. The number of likely N-dealkylation sites (N-methyl/N-ethyl adjacent to an activating group) is 1. The number of amides is 1. The fraction of sp³-hybridized carbons (Fsp3) is 0.833. The molecule has 132 valence electrons. The highest BCUT2D eigenvalue weighted by Gasteiger charge is 2.18. The van der Waals surface area contributed by atoms with E-state index in [4.69, 9.17) is 0 Å². The second-order valence-electron chi connectivity index (χ2n) is 6.64. The highest BCUT2D eigenvalue weighted by molar-refractivity contribution is 5.75. The predicted octanol–water partition coefficient (Wildman–Crippen LogP) is 0.900. The Morgan fingerprint density at radius 3 is 2.27 bits per heavy atom. The third kappa shape index (κ3) is 13.3. The summed E-state index contributed by atoms with van der Waals surface area (Å²) in [6.07, 6.45) is 7.75. The number of carbonyl (C=O) groups excluding carboxylic acids is 1. The van der Waals surface area contributed by atoms with Crippen molar-refractivity contribution in [1.82, 2.24) is 5.32 Å². The third-order valence-corrected chi connectivity index (χ3v) is 4.12. The van der Waals surface area contributed by atoms with Crippen molar-refractivity contribution in [2.75, 3.05) is 33.2 Å². The molecule has 0 saturated carbocycles. The van der Waals surface area contributed by atoms with E-state index in [0.717, 1.165) is 43.5 Å². The van der Waals surface area contributed by atoms with E-state index < -0.39 is 0 Å². The van der Waals surface area contributed by atoms with Crippen molar-refractivity contribution in [3.8, 4) is 0 Å². The van der Waals surface area contributed by atoms with E-state index in [1.165, 1.54) is 31.3 Å². The minimum absolute atomic E-state index is 0. The number of hydrogen-bond acceptors (Lipinski definition) is 1. The minimum atomic E-state index is 0. The maximum atomic E-state index is 11.7. The molecule has 4 heteroatoms. The number of carbonyl (C=O) groups is 1. The monoisotopic (exact) mass is 376 g/mol. The molecular formula is C18H37BrN2O. The Labute approximate surface area is 148 Å². The molecular weight excluding hydrogens is 340 g/mol. The zero-order valence-corrected chi connectivity index (χ0v) is 16.8. The Balaban J connectivity index is 0. The predicted molar refractivity (Wildman–Crippen MR) is 92.3 cm³/mol. The summed E-state index contributed by atoms with van der Waals surface area (Å²) >= 11 is 0. The van der Waals surface area contributed by atoms with E-state index in [9.17, 15) is 4.79 Å². The molecule has 0 aliphatic carbocycles. The van der Waals surface area contributed by atoms with Crippen LogP contribution in [0.5, 0.6) is 0 Å². The molecule has 0 spiro atoms. The maximum absolute atomic E-state index is 11.7. The van der Waals surface area contributed by atoms with Gasteiger partial charge in [0.25, 0.3) is 0 Å². The lowest BCUT2D eigenvalue weighted by Crippen LogP contribution is -3.00. The van der Waals surface area contributed by atoms with Crippen molar-refractivity contribution in [2.45, 2.75) is 65.7 Å². The number of nitrogens with one attached hydrogen (secondary N) is 1. The molecule has 0 heterocycles. The van der Waals surface area contributed by atoms with Crippen LogP contribution in [0, 0.1) is 0 Å². The molecule has 0 rings (SSSR count). The highest BCUT2D eigenvalue weighted by atomic mass is 79.9. The minimum Gasteiger partial charge on any atom is -1.00 e. The Morgan fingerprint density at radius 1 is 1.09 bits per heavy atom. The van der Waals surface area contributed by atoms with E-state index in [1.807, 2.05) is 0 Å². The molecule has 0 aromatic rings. The second-order valence-corrected chi connectivity index (χ2v) is 6.64. The van der Waals surface area contributed by atoms with Crippen LogP contribution < -0.4 is 22.3 Å². The summed E-state index contributed by atoms with van der Waals surface area (Å²) in [5, 5.41) is 3.05. The Bertz CT molecular complexity index is 307. The second kappa shape index (κ2) is 14.3. The number of rotatable bonds is 13. The molecule has 1 atom stereocenters.